The molecule has 8 nitrogen and oxygen atoms in total. The van der Waals surface area contributed by atoms with Crippen LogP contribution in [0, 0.1) is 0 Å². The zero-order chi connectivity index (χ0) is 38.6. The van der Waals surface area contributed by atoms with Crippen molar-refractivity contribution in [3.63, 3.8) is 0 Å². The highest BCUT2D eigenvalue weighted by Gasteiger charge is 2.28. The number of hydrogen-bond acceptors (Lipinski definition) is 5. The van der Waals surface area contributed by atoms with Crippen molar-refractivity contribution in [3.8, 4) is 0 Å². The molecule has 52 heavy (non-hydrogen) atoms. The third kappa shape index (κ3) is 37.6. The van der Waals surface area contributed by atoms with E-state index in [1.54, 1.807) is 0 Å². The van der Waals surface area contributed by atoms with Gasteiger partial charge in [-0.1, -0.05) is 174 Å². The summed E-state index contributed by atoms with van der Waals surface area (Å²) in [5, 5.41) is 13.9. The maximum atomic E-state index is 12.8. The van der Waals surface area contributed by atoms with Crippen LogP contribution in [0.15, 0.2) is 12.2 Å². The quantitative estimate of drug-likeness (QED) is 0.0249. The molecular weight excluding hydrogens is 671 g/mol. The van der Waals surface area contributed by atoms with Crippen LogP contribution in [0.3, 0.4) is 0 Å². The van der Waals surface area contributed by atoms with Crippen LogP contribution in [0.1, 0.15) is 206 Å². The molecular formula is C43H88N2O6P+. The molecule has 0 saturated carbocycles. The predicted octanol–water partition coefficient (Wildman–Crippen LogP) is 12.0. The highest BCUT2D eigenvalue weighted by Crippen LogP contribution is 2.43. The topological polar surface area (TPSA) is 105 Å². The summed E-state index contributed by atoms with van der Waals surface area (Å²) in [5.74, 6) is -0.153. The van der Waals surface area contributed by atoms with Crippen molar-refractivity contribution in [2.45, 2.75) is 219 Å². The number of carbonyl (C=O) groups excluding carboxylic acids is 1. The molecule has 0 aromatic carbocycles. The van der Waals surface area contributed by atoms with Gasteiger partial charge in [0.15, 0.2) is 0 Å². The average molecular weight is 760 g/mol. The third-order valence-corrected chi connectivity index (χ3v) is 11.0. The largest absolute Gasteiger partial charge is 0.472 e. The summed E-state index contributed by atoms with van der Waals surface area (Å²) in [6.07, 6.45) is 39.4. The van der Waals surface area contributed by atoms with E-state index in [2.05, 4.69) is 31.3 Å². The molecule has 0 aromatic heterocycles. The zero-order valence-corrected chi connectivity index (χ0v) is 36.0. The summed E-state index contributed by atoms with van der Waals surface area (Å²) in [6, 6.07) is -0.759. The van der Waals surface area contributed by atoms with Gasteiger partial charge < -0.3 is 19.8 Å². The second-order valence-electron chi connectivity index (χ2n) is 16.4. The number of hydrogen-bond donors (Lipinski definition) is 3. The van der Waals surface area contributed by atoms with Crippen molar-refractivity contribution in [3.05, 3.63) is 12.2 Å². The standard InChI is InChI=1S/C43H87N2O6P/c1-6-8-10-12-14-16-18-20-21-22-23-25-26-28-30-32-34-36-42(46)41(40-51-52(48,49)50-39-38-45(3,4)5)44-43(47)37-35-33-31-29-27-24-19-17-15-13-11-9-7-2/h17,19,41-42,46H,6-16,18,20-40H2,1-5H3,(H-,44,47,48,49)/p+1/b19-17+/t41-,42+/m0/s1. The number of carbonyl (C=O) groups is 1. The van der Waals surface area contributed by atoms with Crippen molar-refractivity contribution in [1.29, 1.82) is 0 Å². The van der Waals surface area contributed by atoms with E-state index in [-0.39, 0.29) is 19.1 Å². The lowest BCUT2D eigenvalue weighted by Gasteiger charge is -2.26. The minimum atomic E-state index is -4.31. The molecule has 0 heterocycles. The molecule has 0 bridgehead atoms. The van der Waals surface area contributed by atoms with Gasteiger partial charge in [0.1, 0.15) is 13.2 Å². The number of aliphatic hydroxyl groups is 1. The van der Waals surface area contributed by atoms with E-state index in [4.69, 9.17) is 9.05 Å². The molecule has 3 N–H and O–H groups in total. The van der Waals surface area contributed by atoms with E-state index in [1.165, 1.54) is 128 Å². The van der Waals surface area contributed by atoms with E-state index >= 15 is 0 Å². The highest BCUT2D eigenvalue weighted by atomic mass is 31.2. The first-order valence-corrected chi connectivity index (χ1v) is 23.5. The Balaban J connectivity index is 4.36. The maximum absolute atomic E-state index is 12.8. The average Bonchev–Trinajstić information content (AvgIpc) is 3.09. The summed E-state index contributed by atoms with van der Waals surface area (Å²) >= 11 is 0. The fourth-order valence-corrected chi connectivity index (χ4v) is 7.19. The van der Waals surface area contributed by atoms with Crippen LogP contribution in [-0.2, 0) is 18.4 Å². The van der Waals surface area contributed by atoms with E-state index in [0.29, 0.717) is 23.9 Å². The second-order valence-corrected chi connectivity index (χ2v) is 17.9. The van der Waals surface area contributed by atoms with E-state index in [0.717, 1.165) is 51.4 Å². The fourth-order valence-electron chi connectivity index (χ4n) is 6.45. The number of nitrogens with zero attached hydrogens (tertiary/aromatic N) is 1. The van der Waals surface area contributed by atoms with Crippen LogP contribution in [0.2, 0.25) is 0 Å². The molecule has 0 aromatic rings. The molecule has 0 saturated heterocycles. The number of allylic oxidation sites excluding steroid dienone is 2. The normalized spacial score (nSPS) is 14.5. The monoisotopic (exact) mass is 760 g/mol. The number of likely N-dealkylation sites (N-methyl/N-ethyl adjacent to an activating group) is 1. The molecule has 9 heteroatoms. The highest BCUT2D eigenvalue weighted by molar-refractivity contribution is 7.47. The number of phosphoric acid groups is 1. The second kappa shape index (κ2) is 35.9. The Hall–Kier alpha value is -0.760. The predicted molar refractivity (Wildman–Crippen MR) is 222 cm³/mol. The van der Waals surface area contributed by atoms with Gasteiger partial charge in [0, 0.05) is 6.42 Å². The summed E-state index contributed by atoms with van der Waals surface area (Å²) in [6.45, 7) is 4.87. The number of unbranched alkanes of at least 4 members (excludes halogenated alkanes) is 25. The number of nitrogens with one attached hydrogen (secondary N) is 1. The van der Waals surface area contributed by atoms with Gasteiger partial charge in [-0.3, -0.25) is 13.8 Å². The van der Waals surface area contributed by atoms with Crippen LogP contribution in [0.4, 0.5) is 0 Å². The van der Waals surface area contributed by atoms with Crippen molar-refractivity contribution in [1.82, 2.24) is 5.32 Å². The maximum Gasteiger partial charge on any atom is 0.472 e. The van der Waals surface area contributed by atoms with Crippen LogP contribution in [0.25, 0.3) is 0 Å². The first-order chi connectivity index (χ1) is 25.0. The smallest absolute Gasteiger partial charge is 0.391 e. The zero-order valence-electron chi connectivity index (χ0n) is 35.1. The van der Waals surface area contributed by atoms with Crippen LogP contribution < -0.4 is 5.32 Å². The molecule has 1 amide bonds. The van der Waals surface area contributed by atoms with E-state index in [9.17, 15) is 19.4 Å². The van der Waals surface area contributed by atoms with Crippen molar-refractivity contribution >= 4 is 13.7 Å². The van der Waals surface area contributed by atoms with E-state index < -0.39 is 20.0 Å². The van der Waals surface area contributed by atoms with Crippen molar-refractivity contribution in [2.75, 3.05) is 40.9 Å². The molecule has 0 fully saturated rings. The summed E-state index contributed by atoms with van der Waals surface area (Å²) in [4.78, 5) is 23.1. The van der Waals surface area contributed by atoms with Crippen LogP contribution in [-0.4, -0.2) is 73.4 Å². The van der Waals surface area contributed by atoms with Crippen molar-refractivity contribution in [2.24, 2.45) is 0 Å². The molecule has 3 atom stereocenters. The molecule has 0 aliphatic heterocycles. The minimum absolute atomic E-state index is 0.0748. The lowest BCUT2D eigenvalue weighted by molar-refractivity contribution is -0.870. The number of rotatable bonds is 40. The first-order valence-electron chi connectivity index (χ1n) is 22.1. The molecule has 310 valence electrons. The van der Waals surface area contributed by atoms with Gasteiger partial charge in [0.05, 0.1) is 39.9 Å². The molecule has 0 rings (SSSR count). The Labute approximate surface area is 322 Å². The number of amides is 1. The Kier molecular flexibility index (Phi) is 35.4. The van der Waals surface area contributed by atoms with Gasteiger partial charge in [-0.05, 0) is 38.5 Å². The van der Waals surface area contributed by atoms with Gasteiger partial charge >= 0.3 is 7.82 Å². The number of phosphoric ester groups is 1. The van der Waals surface area contributed by atoms with Gasteiger partial charge in [-0.2, -0.15) is 0 Å². The first kappa shape index (κ1) is 51.2. The molecule has 0 aliphatic rings. The summed E-state index contributed by atoms with van der Waals surface area (Å²) in [7, 11) is 1.61. The molecule has 0 spiro atoms. The Morgan fingerprint density at radius 1 is 0.635 bits per heavy atom. The number of aliphatic hydroxyl groups excluding tert-OH is 1. The molecule has 1 unspecified atom stereocenters. The Morgan fingerprint density at radius 2 is 1.04 bits per heavy atom. The van der Waals surface area contributed by atoms with Gasteiger partial charge in [-0.15, -0.1) is 0 Å². The lowest BCUT2D eigenvalue weighted by Crippen LogP contribution is -2.46. The van der Waals surface area contributed by atoms with Crippen LogP contribution in [0.5, 0.6) is 0 Å². The van der Waals surface area contributed by atoms with Gasteiger partial charge in [0.2, 0.25) is 5.91 Å². The Morgan fingerprint density at radius 3 is 1.50 bits per heavy atom. The third-order valence-electron chi connectivity index (χ3n) is 10.0. The summed E-state index contributed by atoms with van der Waals surface area (Å²) < 4.78 is 23.6. The van der Waals surface area contributed by atoms with E-state index in [1.807, 2.05) is 21.1 Å². The van der Waals surface area contributed by atoms with Gasteiger partial charge in [0.25, 0.3) is 0 Å². The number of quaternary nitrogens is 1. The molecule has 0 radical (unpaired) electrons. The lowest BCUT2D eigenvalue weighted by atomic mass is 10.0. The molecule has 0 aliphatic carbocycles. The van der Waals surface area contributed by atoms with Crippen molar-refractivity contribution < 1.29 is 32.9 Å². The summed E-state index contributed by atoms with van der Waals surface area (Å²) in [5.41, 5.74) is 0. The fraction of sp³-hybridized carbons (Fsp3) is 0.930. The van der Waals surface area contributed by atoms with Crippen LogP contribution >= 0.6 is 7.82 Å². The SMILES string of the molecule is CCCCCC/C=C/CCCCCCCC(=O)N[C@@H](COP(=O)(O)OCC[N+](C)(C)C)[C@H](O)CCCCCCCCCCCCCCCCCCC. The minimum Gasteiger partial charge on any atom is -0.391 e. The van der Waals surface area contributed by atoms with Gasteiger partial charge in [-0.25, -0.2) is 4.57 Å². The Bertz CT molecular complexity index is 865.